The van der Waals surface area contributed by atoms with Crippen LogP contribution < -0.4 is 0 Å². The predicted octanol–water partition coefficient (Wildman–Crippen LogP) is 5.56. The van der Waals surface area contributed by atoms with E-state index in [1.165, 1.54) is 77.0 Å². The highest BCUT2D eigenvalue weighted by Gasteiger charge is 2.04. The van der Waals surface area contributed by atoms with Crippen molar-refractivity contribution >= 4 is 5.91 Å². The number of unbranched alkanes of at least 4 members (excludes halogenated alkanes) is 11. The maximum Gasteiger partial charge on any atom is 0.219 e. The molecule has 0 rings (SSSR count). The third kappa shape index (κ3) is 12.5. The fraction of sp³-hybridized carbons (Fsp3) is 0.944. The van der Waals surface area contributed by atoms with Crippen LogP contribution in [0.4, 0.5) is 0 Å². The van der Waals surface area contributed by atoms with Crippen molar-refractivity contribution in [2.75, 3.05) is 13.1 Å². The predicted molar refractivity (Wildman–Crippen MR) is 89.0 cm³/mol. The van der Waals surface area contributed by atoms with Gasteiger partial charge in [0.05, 0.1) is 0 Å². The summed E-state index contributed by atoms with van der Waals surface area (Å²) in [7, 11) is 0. The fourth-order valence-corrected chi connectivity index (χ4v) is 2.68. The first-order valence-electron chi connectivity index (χ1n) is 8.97. The Morgan fingerprint density at radius 1 is 0.700 bits per heavy atom. The number of hydrogen-bond donors (Lipinski definition) is 0. The largest absolute Gasteiger partial charge is 0.343 e. The van der Waals surface area contributed by atoms with E-state index >= 15 is 0 Å². The van der Waals surface area contributed by atoms with E-state index in [4.69, 9.17) is 0 Å². The van der Waals surface area contributed by atoms with Crippen molar-refractivity contribution in [3.8, 4) is 0 Å². The average molecular weight is 283 g/mol. The fourth-order valence-electron chi connectivity index (χ4n) is 2.68. The van der Waals surface area contributed by atoms with Gasteiger partial charge in [-0.1, -0.05) is 77.6 Å². The van der Waals surface area contributed by atoms with E-state index in [0.717, 1.165) is 13.1 Å². The zero-order chi connectivity index (χ0) is 15.1. The molecule has 0 aromatic rings. The molecule has 0 saturated heterocycles. The molecule has 0 aliphatic rings. The average Bonchev–Trinajstić information content (AvgIpc) is 2.43. The van der Waals surface area contributed by atoms with Gasteiger partial charge in [0.15, 0.2) is 0 Å². The summed E-state index contributed by atoms with van der Waals surface area (Å²) >= 11 is 0. The minimum absolute atomic E-state index is 0.218. The van der Waals surface area contributed by atoms with Crippen LogP contribution in [-0.4, -0.2) is 23.9 Å². The minimum atomic E-state index is 0.218. The number of amides is 1. The van der Waals surface area contributed by atoms with Crippen molar-refractivity contribution in [2.45, 2.75) is 97.8 Å². The van der Waals surface area contributed by atoms with E-state index in [9.17, 15) is 4.79 Å². The first-order valence-corrected chi connectivity index (χ1v) is 8.97. The minimum Gasteiger partial charge on any atom is -0.343 e. The second-order valence-electron chi connectivity index (χ2n) is 5.99. The number of carbonyl (C=O) groups is 1. The first-order chi connectivity index (χ1) is 9.72. The second kappa shape index (κ2) is 14.9. The normalized spacial score (nSPS) is 10.8. The molecule has 0 bridgehead atoms. The Hall–Kier alpha value is -0.530. The highest BCUT2D eigenvalue weighted by Crippen LogP contribution is 2.12. The molecular formula is C18H37NO. The Kier molecular flexibility index (Phi) is 14.5. The van der Waals surface area contributed by atoms with Crippen LogP contribution in [0.25, 0.3) is 0 Å². The van der Waals surface area contributed by atoms with Crippen molar-refractivity contribution in [1.29, 1.82) is 0 Å². The van der Waals surface area contributed by atoms with Gasteiger partial charge in [0.25, 0.3) is 0 Å². The monoisotopic (exact) mass is 283 g/mol. The van der Waals surface area contributed by atoms with E-state index in [1.54, 1.807) is 6.92 Å². The lowest BCUT2D eigenvalue weighted by atomic mass is 10.1. The zero-order valence-corrected chi connectivity index (χ0v) is 14.3. The van der Waals surface area contributed by atoms with Crippen molar-refractivity contribution in [3.05, 3.63) is 0 Å². The molecule has 2 heteroatoms. The van der Waals surface area contributed by atoms with E-state index in [1.807, 2.05) is 4.90 Å². The molecule has 0 saturated carbocycles. The molecule has 0 N–H and O–H groups in total. The quantitative estimate of drug-likeness (QED) is 0.382. The van der Waals surface area contributed by atoms with Crippen LogP contribution in [0.2, 0.25) is 0 Å². The Morgan fingerprint density at radius 2 is 1.10 bits per heavy atom. The molecule has 0 spiro atoms. The molecule has 0 heterocycles. The van der Waals surface area contributed by atoms with E-state index in [-0.39, 0.29) is 5.91 Å². The lowest BCUT2D eigenvalue weighted by Gasteiger charge is -2.18. The highest BCUT2D eigenvalue weighted by molar-refractivity contribution is 5.73. The van der Waals surface area contributed by atoms with Crippen molar-refractivity contribution < 1.29 is 4.79 Å². The molecular weight excluding hydrogens is 246 g/mol. The van der Waals surface area contributed by atoms with Gasteiger partial charge in [-0.05, 0) is 13.3 Å². The topological polar surface area (TPSA) is 20.3 Å². The van der Waals surface area contributed by atoms with Crippen molar-refractivity contribution in [3.63, 3.8) is 0 Å². The van der Waals surface area contributed by atoms with Gasteiger partial charge in [0.1, 0.15) is 0 Å². The van der Waals surface area contributed by atoms with Crippen molar-refractivity contribution in [2.24, 2.45) is 0 Å². The Balaban J connectivity index is 3.15. The summed E-state index contributed by atoms with van der Waals surface area (Å²) in [6.45, 7) is 7.80. The van der Waals surface area contributed by atoms with Crippen LogP contribution in [0.5, 0.6) is 0 Å². The van der Waals surface area contributed by atoms with Gasteiger partial charge in [0.2, 0.25) is 5.91 Å². The van der Waals surface area contributed by atoms with Crippen LogP contribution in [0.15, 0.2) is 0 Å². The molecule has 20 heavy (non-hydrogen) atoms. The van der Waals surface area contributed by atoms with Gasteiger partial charge < -0.3 is 4.90 Å². The molecule has 2 nitrogen and oxygen atoms in total. The molecule has 0 unspecified atom stereocenters. The Morgan fingerprint density at radius 3 is 1.45 bits per heavy atom. The van der Waals surface area contributed by atoms with Crippen LogP contribution in [0.3, 0.4) is 0 Å². The number of nitrogens with zero attached hydrogens (tertiary/aromatic N) is 1. The molecule has 0 atom stereocenters. The lowest BCUT2D eigenvalue weighted by Crippen LogP contribution is -2.29. The van der Waals surface area contributed by atoms with Gasteiger partial charge >= 0.3 is 0 Å². The van der Waals surface area contributed by atoms with Gasteiger partial charge in [0, 0.05) is 20.0 Å². The van der Waals surface area contributed by atoms with Crippen molar-refractivity contribution in [1.82, 2.24) is 4.90 Å². The van der Waals surface area contributed by atoms with Gasteiger partial charge in [-0.2, -0.15) is 0 Å². The van der Waals surface area contributed by atoms with Gasteiger partial charge in [-0.3, -0.25) is 4.79 Å². The molecule has 120 valence electrons. The zero-order valence-electron chi connectivity index (χ0n) is 14.3. The second-order valence-corrected chi connectivity index (χ2v) is 5.99. The number of carbonyl (C=O) groups excluding carboxylic acids is 1. The first kappa shape index (κ1) is 19.5. The summed E-state index contributed by atoms with van der Waals surface area (Å²) in [5.41, 5.74) is 0. The molecule has 0 fully saturated rings. The van der Waals surface area contributed by atoms with E-state index in [0.29, 0.717) is 0 Å². The molecule has 0 radical (unpaired) electrons. The summed E-state index contributed by atoms with van der Waals surface area (Å²) in [6, 6.07) is 0. The molecule has 0 aromatic heterocycles. The Bertz CT molecular complexity index is 215. The van der Waals surface area contributed by atoms with Gasteiger partial charge in [-0.25, -0.2) is 0 Å². The van der Waals surface area contributed by atoms with Crippen LogP contribution in [-0.2, 0) is 4.79 Å². The summed E-state index contributed by atoms with van der Waals surface area (Å²) in [5, 5.41) is 0. The molecule has 0 aromatic carbocycles. The summed E-state index contributed by atoms with van der Waals surface area (Å²) in [6.07, 6.45) is 16.5. The number of rotatable bonds is 14. The third-order valence-corrected chi connectivity index (χ3v) is 4.11. The van der Waals surface area contributed by atoms with E-state index < -0.39 is 0 Å². The maximum atomic E-state index is 11.2. The third-order valence-electron chi connectivity index (χ3n) is 4.11. The standard InChI is InChI=1S/C18H37NO/c1-4-6-7-8-9-10-11-12-13-14-15-16-17-19(5-2)18(3)20/h4-17H2,1-3H3. The summed E-state index contributed by atoms with van der Waals surface area (Å²) in [5.74, 6) is 0.218. The van der Waals surface area contributed by atoms with Crippen LogP contribution in [0, 0.1) is 0 Å². The smallest absolute Gasteiger partial charge is 0.219 e. The Labute approximate surface area is 127 Å². The summed E-state index contributed by atoms with van der Waals surface area (Å²) in [4.78, 5) is 13.2. The molecule has 0 aliphatic carbocycles. The molecule has 0 aliphatic heterocycles. The highest BCUT2D eigenvalue weighted by atomic mass is 16.2. The maximum absolute atomic E-state index is 11.2. The molecule has 1 amide bonds. The lowest BCUT2D eigenvalue weighted by molar-refractivity contribution is -0.128. The van der Waals surface area contributed by atoms with Crippen LogP contribution >= 0.6 is 0 Å². The number of hydrogen-bond acceptors (Lipinski definition) is 1. The van der Waals surface area contributed by atoms with E-state index in [2.05, 4.69) is 13.8 Å². The van der Waals surface area contributed by atoms with Gasteiger partial charge in [-0.15, -0.1) is 0 Å². The summed E-state index contributed by atoms with van der Waals surface area (Å²) < 4.78 is 0. The SMILES string of the molecule is CCCCCCCCCCCCCCN(CC)C(C)=O. The van der Waals surface area contributed by atoms with Crippen LogP contribution in [0.1, 0.15) is 97.8 Å².